The Morgan fingerprint density at radius 3 is 1.63 bits per heavy atom. The van der Waals surface area contributed by atoms with E-state index < -0.39 is 0 Å². The Hall–Kier alpha value is -6.51. The summed E-state index contributed by atoms with van der Waals surface area (Å²) in [4.78, 5) is 5.24. The number of para-hydroxylation sites is 1. The summed E-state index contributed by atoms with van der Waals surface area (Å²) in [5.41, 5.74) is 10.5. The molecule has 0 aliphatic heterocycles. The van der Waals surface area contributed by atoms with E-state index in [1.54, 1.807) is 0 Å². The van der Waals surface area contributed by atoms with Crippen molar-refractivity contribution in [2.75, 3.05) is 0 Å². The van der Waals surface area contributed by atoms with Gasteiger partial charge in [0.25, 0.3) is 0 Å². The first-order chi connectivity index (χ1) is 24.3. The van der Waals surface area contributed by atoms with E-state index in [2.05, 4.69) is 187 Å². The van der Waals surface area contributed by atoms with Crippen LogP contribution in [0.4, 0.5) is 0 Å². The maximum atomic E-state index is 5.24. The van der Waals surface area contributed by atoms with E-state index in [1.165, 1.54) is 76.4 Å². The number of fused-ring (bicyclic) bond motifs is 7. The molecule has 0 N–H and O–H groups in total. The van der Waals surface area contributed by atoms with Crippen LogP contribution in [0.1, 0.15) is 0 Å². The molecule has 2 heteroatoms. The minimum Gasteiger partial charge on any atom is -0.309 e. The summed E-state index contributed by atoms with van der Waals surface area (Å²) in [6.07, 6.45) is 2.07. The topological polar surface area (TPSA) is 17.8 Å². The summed E-state index contributed by atoms with van der Waals surface area (Å²) in [6.45, 7) is 0. The van der Waals surface area contributed by atoms with Gasteiger partial charge < -0.3 is 4.57 Å². The first-order valence-corrected chi connectivity index (χ1v) is 16.8. The molecule has 0 aliphatic carbocycles. The summed E-state index contributed by atoms with van der Waals surface area (Å²) in [7, 11) is 0. The van der Waals surface area contributed by atoms with Crippen LogP contribution in [-0.4, -0.2) is 9.55 Å². The Kier molecular flexibility index (Phi) is 6.22. The lowest BCUT2D eigenvalue weighted by molar-refractivity contribution is 1.18. The number of aromatic nitrogens is 2. The van der Waals surface area contributed by atoms with Gasteiger partial charge in [0.05, 0.1) is 16.7 Å². The van der Waals surface area contributed by atoms with Gasteiger partial charge in [0.15, 0.2) is 0 Å². The van der Waals surface area contributed by atoms with Crippen LogP contribution < -0.4 is 0 Å². The van der Waals surface area contributed by atoms with Gasteiger partial charge in [-0.05, 0) is 79.3 Å². The number of pyridine rings is 1. The Morgan fingerprint density at radius 1 is 0.367 bits per heavy atom. The average Bonchev–Trinajstić information content (AvgIpc) is 3.53. The van der Waals surface area contributed by atoms with Gasteiger partial charge >= 0.3 is 0 Å². The number of benzene rings is 8. The molecule has 0 aliphatic rings. The summed E-state index contributed by atoms with van der Waals surface area (Å²) < 4.78 is 2.40. The van der Waals surface area contributed by atoms with E-state index >= 15 is 0 Å². The van der Waals surface area contributed by atoms with Gasteiger partial charge in [0, 0.05) is 33.8 Å². The fourth-order valence-corrected chi connectivity index (χ4v) is 7.95. The van der Waals surface area contributed by atoms with Crippen molar-refractivity contribution in [2.45, 2.75) is 0 Å². The Labute approximate surface area is 284 Å². The van der Waals surface area contributed by atoms with Crippen molar-refractivity contribution in [2.24, 2.45) is 0 Å². The molecule has 0 amide bonds. The fourth-order valence-electron chi connectivity index (χ4n) is 7.95. The molecule has 0 saturated carbocycles. The van der Waals surface area contributed by atoms with Gasteiger partial charge in [-0.3, -0.25) is 4.98 Å². The molecular formula is C47H30N2. The van der Waals surface area contributed by atoms with Crippen molar-refractivity contribution in [3.8, 4) is 39.2 Å². The summed E-state index contributed by atoms with van der Waals surface area (Å²) in [6, 6.07) is 63.3. The van der Waals surface area contributed by atoms with Gasteiger partial charge in [-0.1, -0.05) is 146 Å². The van der Waals surface area contributed by atoms with E-state index in [-0.39, 0.29) is 0 Å². The molecule has 0 fully saturated rings. The van der Waals surface area contributed by atoms with Crippen molar-refractivity contribution >= 4 is 54.1 Å². The van der Waals surface area contributed by atoms with Crippen molar-refractivity contribution in [3.05, 3.63) is 182 Å². The van der Waals surface area contributed by atoms with Gasteiger partial charge in [0.1, 0.15) is 0 Å². The van der Waals surface area contributed by atoms with Crippen LogP contribution in [0.15, 0.2) is 182 Å². The second-order valence-corrected chi connectivity index (χ2v) is 12.7. The molecule has 49 heavy (non-hydrogen) atoms. The minimum absolute atomic E-state index is 0.972. The fraction of sp³-hybridized carbons (Fsp3) is 0. The molecule has 0 bridgehead atoms. The zero-order chi connectivity index (χ0) is 32.3. The highest BCUT2D eigenvalue weighted by molar-refractivity contribution is 6.25. The SMILES string of the molecule is c1ccc(-c2c3ccccc3c(-c3ccc(-c4cccc5c4c4c6ccccc6ccc4n5-c4ccccc4)cn3)c3ccccc23)cc1. The number of hydrogen-bond acceptors (Lipinski definition) is 1. The molecule has 0 unspecified atom stereocenters. The predicted molar refractivity (Wildman–Crippen MR) is 207 cm³/mol. The molecule has 228 valence electrons. The van der Waals surface area contributed by atoms with Crippen LogP contribution in [0, 0.1) is 0 Å². The van der Waals surface area contributed by atoms with Gasteiger partial charge in [-0.15, -0.1) is 0 Å². The van der Waals surface area contributed by atoms with Crippen LogP contribution in [-0.2, 0) is 0 Å². The normalized spacial score (nSPS) is 11.7. The molecule has 2 heterocycles. The average molecular weight is 623 g/mol. The third-order valence-electron chi connectivity index (χ3n) is 10.0. The lowest BCUT2D eigenvalue weighted by Gasteiger charge is -2.17. The monoisotopic (exact) mass is 622 g/mol. The van der Waals surface area contributed by atoms with Gasteiger partial charge in [0.2, 0.25) is 0 Å². The highest BCUT2D eigenvalue weighted by Crippen LogP contribution is 2.45. The molecule has 8 aromatic carbocycles. The van der Waals surface area contributed by atoms with Crippen LogP contribution in [0.3, 0.4) is 0 Å². The maximum absolute atomic E-state index is 5.24. The molecule has 10 aromatic rings. The molecule has 0 saturated heterocycles. The lowest BCUT2D eigenvalue weighted by Crippen LogP contribution is -1.93. The van der Waals surface area contributed by atoms with Crippen LogP contribution >= 0.6 is 0 Å². The van der Waals surface area contributed by atoms with Gasteiger partial charge in [-0.25, -0.2) is 0 Å². The van der Waals surface area contributed by atoms with Crippen LogP contribution in [0.25, 0.3) is 93.3 Å². The first kappa shape index (κ1) is 27.6. The molecule has 0 atom stereocenters. The molecule has 0 radical (unpaired) electrons. The third-order valence-corrected chi connectivity index (χ3v) is 10.0. The molecule has 10 rings (SSSR count). The Morgan fingerprint density at radius 2 is 0.959 bits per heavy atom. The smallest absolute Gasteiger partial charge is 0.0714 e. The minimum atomic E-state index is 0.972. The molecule has 2 nitrogen and oxygen atoms in total. The highest BCUT2D eigenvalue weighted by atomic mass is 15.0. The zero-order valence-electron chi connectivity index (χ0n) is 26.7. The van der Waals surface area contributed by atoms with Gasteiger partial charge in [-0.2, -0.15) is 0 Å². The first-order valence-electron chi connectivity index (χ1n) is 16.8. The summed E-state index contributed by atoms with van der Waals surface area (Å²) >= 11 is 0. The number of hydrogen-bond donors (Lipinski definition) is 0. The highest BCUT2D eigenvalue weighted by Gasteiger charge is 2.20. The third kappa shape index (κ3) is 4.24. The second kappa shape index (κ2) is 11.0. The van der Waals surface area contributed by atoms with Crippen molar-refractivity contribution in [3.63, 3.8) is 0 Å². The predicted octanol–water partition coefficient (Wildman–Crippen LogP) is 12.6. The summed E-state index contributed by atoms with van der Waals surface area (Å²) in [5, 5.41) is 9.90. The number of rotatable bonds is 4. The standard InChI is InChI=1S/C47H30N2/c1-3-15-32(16-4-1)44-37-20-9-11-22-39(37)45(40-23-12-10-21-38(40)44)41-28-26-33(30-48-41)36-24-13-25-42-47(36)46-35-19-8-7-14-31(35)27-29-43(46)49(42)34-17-5-2-6-18-34/h1-30H. The molecule has 0 spiro atoms. The summed E-state index contributed by atoms with van der Waals surface area (Å²) in [5.74, 6) is 0. The second-order valence-electron chi connectivity index (χ2n) is 12.7. The van der Waals surface area contributed by atoms with E-state index in [9.17, 15) is 0 Å². The Balaban J connectivity index is 1.22. The number of nitrogens with zero attached hydrogens (tertiary/aromatic N) is 2. The van der Waals surface area contributed by atoms with Crippen molar-refractivity contribution < 1.29 is 0 Å². The van der Waals surface area contributed by atoms with Crippen LogP contribution in [0.2, 0.25) is 0 Å². The Bertz CT molecular complexity index is 2790. The van der Waals surface area contributed by atoms with E-state index in [1.807, 2.05) is 0 Å². The van der Waals surface area contributed by atoms with E-state index in [4.69, 9.17) is 4.98 Å². The van der Waals surface area contributed by atoms with Crippen molar-refractivity contribution in [1.82, 2.24) is 9.55 Å². The van der Waals surface area contributed by atoms with Crippen molar-refractivity contribution in [1.29, 1.82) is 0 Å². The maximum Gasteiger partial charge on any atom is 0.0714 e. The van der Waals surface area contributed by atoms with Crippen LogP contribution in [0.5, 0.6) is 0 Å². The molecule has 2 aromatic heterocycles. The largest absolute Gasteiger partial charge is 0.309 e. The lowest BCUT2D eigenvalue weighted by atomic mass is 9.87. The van der Waals surface area contributed by atoms with E-state index in [0.717, 1.165) is 16.9 Å². The molecular weight excluding hydrogens is 593 g/mol. The quantitative estimate of drug-likeness (QED) is 0.179. The zero-order valence-corrected chi connectivity index (χ0v) is 26.7. The van der Waals surface area contributed by atoms with E-state index in [0.29, 0.717) is 0 Å².